The predicted octanol–water partition coefficient (Wildman–Crippen LogP) is 3.33. The van der Waals surface area contributed by atoms with Crippen LogP contribution in [0.15, 0.2) is 66.7 Å². The van der Waals surface area contributed by atoms with Gasteiger partial charge >= 0.3 is 0 Å². The van der Waals surface area contributed by atoms with E-state index in [1.807, 2.05) is 48.5 Å². The van der Waals surface area contributed by atoms with E-state index in [2.05, 4.69) is 5.32 Å². The molecule has 1 amide bonds. The van der Waals surface area contributed by atoms with E-state index in [1.54, 1.807) is 18.2 Å². The first-order valence-corrected chi connectivity index (χ1v) is 8.34. The topological polar surface area (TPSA) is 69.6 Å². The Bertz CT molecular complexity index is 876. The first-order chi connectivity index (χ1) is 12.1. The largest absolute Gasteiger partial charge is 0.508 e. The summed E-state index contributed by atoms with van der Waals surface area (Å²) >= 11 is 0. The van der Waals surface area contributed by atoms with Crippen LogP contribution < -0.4 is 5.32 Å². The minimum absolute atomic E-state index is 0.150. The van der Waals surface area contributed by atoms with Gasteiger partial charge in [0.15, 0.2) is 0 Å². The van der Waals surface area contributed by atoms with Crippen LogP contribution in [-0.2, 0) is 11.2 Å². The number of para-hydroxylation sites is 1. The van der Waals surface area contributed by atoms with Gasteiger partial charge in [-0.1, -0.05) is 54.6 Å². The van der Waals surface area contributed by atoms with Crippen molar-refractivity contribution in [1.82, 2.24) is 5.32 Å². The fourth-order valence-corrected chi connectivity index (χ4v) is 2.80. The molecule has 0 aliphatic carbocycles. The number of aliphatic hydroxyl groups is 1. The molecule has 0 saturated heterocycles. The highest BCUT2D eigenvalue weighted by Gasteiger charge is 2.11. The van der Waals surface area contributed by atoms with Crippen molar-refractivity contribution in [2.75, 3.05) is 6.54 Å². The number of carbonyl (C=O) groups is 1. The van der Waals surface area contributed by atoms with Crippen LogP contribution in [0.4, 0.5) is 0 Å². The maximum absolute atomic E-state index is 12.0. The lowest BCUT2D eigenvalue weighted by Gasteiger charge is -2.13. The zero-order valence-electron chi connectivity index (χ0n) is 13.9. The van der Waals surface area contributed by atoms with Crippen LogP contribution in [0, 0.1) is 0 Å². The Morgan fingerprint density at radius 3 is 2.48 bits per heavy atom. The van der Waals surface area contributed by atoms with E-state index in [1.165, 1.54) is 0 Å². The summed E-state index contributed by atoms with van der Waals surface area (Å²) in [5.41, 5.74) is 1.52. The van der Waals surface area contributed by atoms with Gasteiger partial charge in [-0.25, -0.2) is 0 Å². The van der Waals surface area contributed by atoms with Crippen molar-refractivity contribution >= 4 is 16.7 Å². The van der Waals surface area contributed by atoms with Gasteiger partial charge in [-0.3, -0.25) is 4.79 Å². The van der Waals surface area contributed by atoms with E-state index in [-0.39, 0.29) is 24.6 Å². The molecule has 0 spiro atoms. The van der Waals surface area contributed by atoms with Crippen LogP contribution in [0.1, 0.15) is 23.7 Å². The predicted molar refractivity (Wildman–Crippen MR) is 98.3 cm³/mol. The van der Waals surface area contributed by atoms with E-state index < -0.39 is 6.10 Å². The molecule has 3 N–H and O–H groups in total. The Kier molecular flexibility index (Phi) is 5.31. The van der Waals surface area contributed by atoms with Crippen LogP contribution in [-0.4, -0.2) is 22.7 Å². The molecule has 3 rings (SSSR count). The molecular weight excluding hydrogens is 314 g/mol. The van der Waals surface area contributed by atoms with Crippen LogP contribution in [0.2, 0.25) is 0 Å². The number of phenolic OH excluding ortho intramolecular Hbond substituents is 1. The van der Waals surface area contributed by atoms with Crippen molar-refractivity contribution < 1.29 is 15.0 Å². The molecule has 0 fully saturated rings. The monoisotopic (exact) mass is 335 g/mol. The lowest BCUT2D eigenvalue weighted by Crippen LogP contribution is -2.28. The number of amides is 1. The normalized spacial score (nSPS) is 12.0. The van der Waals surface area contributed by atoms with Gasteiger partial charge in [-0.2, -0.15) is 0 Å². The van der Waals surface area contributed by atoms with E-state index in [9.17, 15) is 15.0 Å². The quantitative estimate of drug-likeness (QED) is 0.647. The molecule has 4 nitrogen and oxygen atoms in total. The number of fused-ring (bicyclic) bond motifs is 1. The van der Waals surface area contributed by atoms with Gasteiger partial charge in [-0.15, -0.1) is 0 Å². The number of rotatable bonds is 6. The molecule has 0 radical (unpaired) electrons. The van der Waals surface area contributed by atoms with Gasteiger partial charge in [0.2, 0.25) is 5.91 Å². The summed E-state index contributed by atoms with van der Waals surface area (Å²) in [6.07, 6.45) is -0.0225. The molecular formula is C21H21NO3. The van der Waals surface area contributed by atoms with E-state index >= 15 is 0 Å². The van der Waals surface area contributed by atoms with Gasteiger partial charge in [0.1, 0.15) is 5.75 Å². The number of aromatic hydroxyl groups is 1. The molecule has 4 heteroatoms. The van der Waals surface area contributed by atoms with E-state index in [4.69, 9.17) is 0 Å². The van der Waals surface area contributed by atoms with Crippen molar-refractivity contribution in [2.45, 2.75) is 18.9 Å². The lowest BCUT2D eigenvalue weighted by atomic mass is 10.0. The molecule has 3 aromatic carbocycles. The van der Waals surface area contributed by atoms with Gasteiger partial charge < -0.3 is 15.5 Å². The molecule has 0 saturated carbocycles. The average Bonchev–Trinajstić information content (AvgIpc) is 2.65. The van der Waals surface area contributed by atoms with Gasteiger partial charge in [0, 0.05) is 13.0 Å². The van der Waals surface area contributed by atoms with Crippen molar-refractivity contribution in [3.8, 4) is 5.75 Å². The summed E-state index contributed by atoms with van der Waals surface area (Å²) < 4.78 is 0. The Morgan fingerprint density at radius 2 is 1.68 bits per heavy atom. The van der Waals surface area contributed by atoms with Crippen LogP contribution in [0.3, 0.4) is 0 Å². The smallest absolute Gasteiger partial charge is 0.220 e. The number of aryl methyl sites for hydroxylation is 1. The number of hydrogen-bond donors (Lipinski definition) is 3. The van der Waals surface area contributed by atoms with E-state index in [0.717, 1.165) is 21.9 Å². The molecule has 0 aliphatic rings. The van der Waals surface area contributed by atoms with Crippen LogP contribution in [0.5, 0.6) is 5.75 Å². The highest BCUT2D eigenvalue weighted by Crippen LogP contribution is 2.20. The second kappa shape index (κ2) is 7.81. The molecule has 1 atom stereocenters. The average molecular weight is 335 g/mol. The summed E-state index contributed by atoms with van der Waals surface area (Å²) in [6.45, 7) is 0.165. The molecule has 0 heterocycles. The minimum atomic E-state index is -0.751. The molecule has 25 heavy (non-hydrogen) atoms. The molecule has 1 unspecified atom stereocenters. The second-order valence-electron chi connectivity index (χ2n) is 6.06. The summed E-state index contributed by atoms with van der Waals surface area (Å²) in [4.78, 5) is 12.0. The van der Waals surface area contributed by atoms with Crippen molar-refractivity contribution in [2.24, 2.45) is 0 Å². The number of benzene rings is 3. The van der Waals surface area contributed by atoms with Crippen LogP contribution in [0.25, 0.3) is 10.8 Å². The molecule has 0 bridgehead atoms. The zero-order chi connectivity index (χ0) is 17.6. The zero-order valence-corrected chi connectivity index (χ0v) is 13.9. The fraction of sp³-hybridized carbons (Fsp3) is 0.190. The number of hydrogen-bond acceptors (Lipinski definition) is 3. The Hall–Kier alpha value is -2.85. The number of phenols is 1. The first kappa shape index (κ1) is 17.0. The maximum Gasteiger partial charge on any atom is 0.220 e. The molecule has 0 aromatic heterocycles. The maximum atomic E-state index is 12.0. The lowest BCUT2D eigenvalue weighted by molar-refractivity contribution is -0.121. The Labute approximate surface area is 146 Å². The third kappa shape index (κ3) is 4.37. The summed E-state index contributed by atoms with van der Waals surface area (Å²) in [5, 5.41) is 24.9. The highest BCUT2D eigenvalue weighted by atomic mass is 16.3. The van der Waals surface area contributed by atoms with Crippen LogP contribution >= 0.6 is 0 Å². The van der Waals surface area contributed by atoms with E-state index in [0.29, 0.717) is 6.42 Å². The third-order valence-electron chi connectivity index (χ3n) is 4.26. The van der Waals surface area contributed by atoms with Gasteiger partial charge in [0.05, 0.1) is 6.10 Å². The van der Waals surface area contributed by atoms with Crippen molar-refractivity contribution in [3.05, 3.63) is 77.9 Å². The standard InChI is InChI=1S/C21H21NO3/c23-19-8-4-3-6-16(19)11-12-21(25)22-14-20(24)18-10-9-15-5-1-2-7-17(15)13-18/h1-10,13,20,23-24H,11-12,14H2,(H,22,25). The molecule has 0 aliphatic heterocycles. The van der Waals surface area contributed by atoms with Crippen molar-refractivity contribution in [1.29, 1.82) is 0 Å². The third-order valence-corrected chi connectivity index (χ3v) is 4.26. The minimum Gasteiger partial charge on any atom is -0.508 e. The summed E-state index contributed by atoms with van der Waals surface area (Å²) in [6, 6.07) is 20.7. The summed E-state index contributed by atoms with van der Waals surface area (Å²) in [7, 11) is 0. The molecule has 128 valence electrons. The highest BCUT2D eigenvalue weighted by molar-refractivity contribution is 5.83. The fourth-order valence-electron chi connectivity index (χ4n) is 2.80. The van der Waals surface area contributed by atoms with Crippen molar-refractivity contribution in [3.63, 3.8) is 0 Å². The SMILES string of the molecule is O=C(CCc1ccccc1O)NCC(O)c1ccc2ccccc2c1. The Balaban J connectivity index is 1.53. The Morgan fingerprint density at radius 1 is 0.960 bits per heavy atom. The molecule has 3 aromatic rings. The van der Waals surface area contributed by atoms with Gasteiger partial charge in [0.25, 0.3) is 0 Å². The first-order valence-electron chi connectivity index (χ1n) is 8.34. The number of carbonyl (C=O) groups excluding carboxylic acids is 1. The second-order valence-corrected chi connectivity index (χ2v) is 6.06. The summed E-state index contributed by atoms with van der Waals surface area (Å²) in [5.74, 6) is 0.0505. The van der Waals surface area contributed by atoms with Gasteiger partial charge in [-0.05, 0) is 40.5 Å². The number of nitrogens with one attached hydrogen (secondary N) is 1. The number of aliphatic hydroxyl groups excluding tert-OH is 1.